The Morgan fingerprint density at radius 3 is 2.82 bits per heavy atom. The van der Waals surface area contributed by atoms with Crippen molar-refractivity contribution in [2.45, 2.75) is 31.0 Å². The molecular formula is C9H12NS. The lowest BCUT2D eigenvalue weighted by Gasteiger charge is -2.02. The summed E-state index contributed by atoms with van der Waals surface area (Å²) < 4.78 is 0. The summed E-state index contributed by atoms with van der Waals surface area (Å²) in [5, 5.41) is 1.69. The SMILES string of the molecule is Cc1[c]ccc(SC(C)C)n1. The minimum Gasteiger partial charge on any atom is -0.246 e. The first-order chi connectivity index (χ1) is 5.18. The maximum absolute atomic E-state index is 4.32. The topological polar surface area (TPSA) is 12.9 Å². The molecule has 1 radical (unpaired) electrons. The molecule has 0 bridgehead atoms. The zero-order valence-electron chi connectivity index (χ0n) is 7.09. The van der Waals surface area contributed by atoms with Crippen molar-refractivity contribution in [1.29, 1.82) is 0 Å². The van der Waals surface area contributed by atoms with Crippen LogP contribution >= 0.6 is 11.8 Å². The number of aryl methyl sites for hydroxylation is 1. The molecule has 11 heavy (non-hydrogen) atoms. The van der Waals surface area contributed by atoms with Gasteiger partial charge in [-0.05, 0) is 19.1 Å². The number of rotatable bonds is 2. The minimum atomic E-state index is 0.601. The van der Waals surface area contributed by atoms with Gasteiger partial charge in [-0.15, -0.1) is 11.8 Å². The molecule has 59 valence electrons. The van der Waals surface area contributed by atoms with Gasteiger partial charge in [-0.2, -0.15) is 0 Å². The van der Waals surface area contributed by atoms with Gasteiger partial charge >= 0.3 is 0 Å². The number of hydrogen-bond acceptors (Lipinski definition) is 2. The van der Waals surface area contributed by atoms with Crippen molar-refractivity contribution in [2.24, 2.45) is 0 Å². The van der Waals surface area contributed by atoms with E-state index in [1.54, 1.807) is 11.8 Å². The molecule has 0 N–H and O–H groups in total. The van der Waals surface area contributed by atoms with Crippen LogP contribution in [0.15, 0.2) is 17.2 Å². The van der Waals surface area contributed by atoms with E-state index in [4.69, 9.17) is 0 Å². The average molecular weight is 166 g/mol. The van der Waals surface area contributed by atoms with Crippen LogP contribution in [0.5, 0.6) is 0 Å². The molecule has 1 nitrogen and oxygen atoms in total. The highest BCUT2D eigenvalue weighted by atomic mass is 32.2. The standard InChI is InChI=1S/C9H12NS/c1-7(2)11-9-6-4-5-8(3)10-9/h4,6-7H,1-3H3. The molecule has 0 aliphatic carbocycles. The van der Waals surface area contributed by atoms with E-state index in [-0.39, 0.29) is 0 Å². The molecule has 2 heteroatoms. The van der Waals surface area contributed by atoms with Gasteiger partial charge in [-0.25, -0.2) is 4.98 Å². The number of aromatic nitrogens is 1. The molecule has 0 aromatic carbocycles. The van der Waals surface area contributed by atoms with Gasteiger partial charge in [0.05, 0.1) is 5.03 Å². The first kappa shape index (κ1) is 8.60. The van der Waals surface area contributed by atoms with Gasteiger partial charge in [0.2, 0.25) is 0 Å². The van der Waals surface area contributed by atoms with Crippen molar-refractivity contribution in [2.75, 3.05) is 0 Å². The Balaban J connectivity index is 2.71. The maximum atomic E-state index is 4.32. The van der Waals surface area contributed by atoms with Crippen LogP contribution in [-0.4, -0.2) is 10.2 Å². The van der Waals surface area contributed by atoms with E-state index in [9.17, 15) is 0 Å². The summed E-state index contributed by atoms with van der Waals surface area (Å²) in [6, 6.07) is 6.94. The summed E-state index contributed by atoms with van der Waals surface area (Å²) in [6.45, 7) is 6.29. The summed E-state index contributed by atoms with van der Waals surface area (Å²) in [4.78, 5) is 4.32. The van der Waals surface area contributed by atoms with E-state index in [1.165, 1.54) is 0 Å². The average Bonchev–Trinajstić information content (AvgIpc) is 1.85. The zero-order chi connectivity index (χ0) is 8.27. The smallest absolute Gasteiger partial charge is 0.0965 e. The fourth-order valence-corrected chi connectivity index (χ4v) is 1.59. The van der Waals surface area contributed by atoms with Gasteiger partial charge in [-0.3, -0.25) is 0 Å². The number of hydrogen-bond donors (Lipinski definition) is 0. The Bertz CT molecular complexity index is 233. The Morgan fingerprint density at radius 2 is 2.27 bits per heavy atom. The molecule has 0 fully saturated rings. The van der Waals surface area contributed by atoms with Crippen molar-refractivity contribution in [1.82, 2.24) is 4.98 Å². The summed E-state index contributed by atoms with van der Waals surface area (Å²) in [5.41, 5.74) is 0.968. The molecule has 0 aliphatic heterocycles. The third-order valence-corrected chi connectivity index (χ3v) is 2.09. The van der Waals surface area contributed by atoms with Crippen molar-refractivity contribution < 1.29 is 0 Å². The van der Waals surface area contributed by atoms with Crippen LogP contribution < -0.4 is 0 Å². The predicted octanol–water partition coefficient (Wildman–Crippen LogP) is 2.69. The lowest BCUT2D eigenvalue weighted by Crippen LogP contribution is -1.89. The van der Waals surface area contributed by atoms with Crippen molar-refractivity contribution >= 4 is 11.8 Å². The van der Waals surface area contributed by atoms with Crippen LogP contribution in [0.3, 0.4) is 0 Å². The van der Waals surface area contributed by atoms with E-state index in [0.717, 1.165) is 10.7 Å². The zero-order valence-corrected chi connectivity index (χ0v) is 7.90. The van der Waals surface area contributed by atoms with Gasteiger partial charge in [0.25, 0.3) is 0 Å². The Hall–Kier alpha value is -0.500. The molecule has 0 aliphatic rings. The van der Waals surface area contributed by atoms with E-state index < -0.39 is 0 Å². The second-order valence-corrected chi connectivity index (χ2v) is 4.28. The molecule has 1 rings (SSSR count). The fraction of sp³-hybridized carbons (Fsp3) is 0.444. The van der Waals surface area contributed by atoms with Crippen molar-refractivity contribution in [3.05, 3.63) is 23.9 Å². The van der Waals surface area contributed by atoms with Gasteiger partial charge in [0.1, 0.15) is 0 Å². The molecule has 0 unspecified atom stereocenters. The molecule has 0 spiro atoms. The van der Waals surface area contributed by atoms with Crippen molar-refractivity contribution in [3.8, 4) is 0 Å². The number of thioether (sulfide) groups is 1. The molecule has 1 heterocycles. The monoisotopic (exact) mass is 166 g/mol. The van der Waals surface area contributed by atoms with E-state index in [1.807, 2.05) is 19.1 Å². The molecule has 0 saturated carbocycles. The highest BCUT2D eigenvalue weighted by molar-refractivity contribution is 7.99. The Morgan fingerprint density at radius 1 is 1.55 bits per heavy atom. The third-order valence-electron chi connectivity index (χ3n) is 1.15. The molecular weight excluding hydrogens is 154 g/mol. The van der Waals surface area contributed by atoms with Crippen LogP contribution in [0.2, 0.25) is 0 Å². The molecule has 1 aromatic rings. The Labute approximate surface area is 72.2 Å². The Kier molecular flexibility index (Phi) is 2.94. The molecule has 0 saturated heterocycles. The quantitative estimate of drug-likeness (QED) is 0.626. The van der Waals surface area contributed by atoms with Crippen LogP contribution in [0.4, 0.5) is 0 Å². The van der Waals surface area contributed by atoms with Crippen LogP contribution in [-0.2, 0) is 0 Å². The summed E-state index contributed by atoms with van der Waals surface area (Å²) in [6.07, 6.45) is 0. The largest absolute Gasteiger partial charge is 0.246 e. The molecule has 1 aromatic heterocycles. The van der Waals surface area contributed by atoms with Gasteiger partial charge in [-0.1, -0.05) is 13.8 Å². The second kappa shape index (κ2) is 3.77. The first-order valence-electron chi connectivity index (χ1n) is 3.70. The predicted molar refractivity (Wildman–Crippen MR) is 48.8 cm³/mol. The second-order valence-electron chi connectivity index (χ2n) is 2.68. The summed E-state index contributed by atoms with van der Waals surface area (Å²) in [5.74, 6) is 0. The van der Waals surface area contributed by atoms with E-state index in [0.29, 0.717) is 5.25 Å². The lowest BCUT2D eigenvalue weighted by molar-refractivity contribution is 1.03. The van der Waals surface area contributed by atoms with Crippen molar-refractivity contribution in [3.63, 3.8) is 0 Å². The molecule has 0 amide bonds. The van der Waals surface area contributed by atoms with Gasteiger partial charge in [0.15, 0.2) is 0 Å². The molecule has 0 atom stereocenters. The minimum absolute atomic E-state index is 0.601. The lowest BCUT2D eigenvalue weighted by atomic mass is 10.4. The number of nitrogens with zero attached hydrogens (tertiary/aromatic N) is 1. The van der Waals surface area contributed by atoms with E-state index >= 15 is 0 Å². The van der Waals surface area contributed by atoms with Gasteiger partial charge < -0.3 is 0 Å². The first-order valence-corrected chi connectivity index (χ1v) is 4.58. The highest BCUT2D eigenvalue weighted by Crippen LogP contribution is 2.19. The fourth-order valence-electron chi connectivity index (χ4n) is 0.776. The van der Waals surface area contributed by atoms with Crippen LogP contribution in [0.25, 0.3) is 0 Å². The van der Waals surface area contributed by atoms with E-state index in [2.05, 4.69) is 24.9 Å². The summed E-state index contributed by atoms with van der Waals surface area (Å²) in [7, 11) is 0. The van der Waals surface area contributed by atoms with Crippen LogP contribution in [0.1, 0.15) is 19.5 Å². The van der Waals surface area contributed by atoms with Crippen LogP contribution in [0, 0.1) is 13.0 Å². The number of pyridine rings is 1. The normalized spacial score (nSPS) is 10.5. The maximum Gasteiger partial charge on any atom is 0.0965 e. The van der Waals surface area contributed by atoms with Gasteiger partial charge in [0, 0.05) is 17.0 Å². The third kappa shape index (κ3) is 2.93. The summed E-state index contributed by atoms with van der Waals surface area (Å²) >= 11 is 1.78. The highest BCUT2D eigenvalue weighted by Gasteiger charge is 1.98.